The van der Waals surface area contributed by atoms with Crippen LogP contribution in [0.3, 0.4) is 0 Å². The number of halogens is 1. The molecule has 4 rings (SSSR count). The fraction of sp³-hybridized carbons (Fsp3) is 0.278. The number of hydrogen-bond donors (Lipinski definition) is 2. The van der Waals surface area contributed by atoms with E-state index in [4.69, 9.17) is 5.11 Å². The largest absolute Gasteiger partial charge is 0.478 e. The van der Waals surface area contributed by atoms with Gasteiger partial charge in [0, 0.05) is 10.6 Å². The van der Waals surface area contributed by atoms with Crippen LogP contribution in [0.15, 0.2) is 30.6 Å². The molecule has 2 aromatic heterocycles. The lowest BCUT2D eigenvalue weighted by atomic mass is 9.89. The Balaban J connectivity index is 0.00000182. The van der Waals surface area contributed by atoms with Crippen molar-refractivity contribution in [3.05, 3.63) is 46.6 Å². The molecule has 7 heteroatoms. The number of thiophene rings is 1. The molecule has 1 atom stereocenters. The van der Waals surface area contributed by atoms with Crippen molar-refractivity contribution < 1.29 is 9.90 Å². The van der Waals surface area contributed by atoms with E-state index in [1.807, 2.05) is 6.07 Å². The molecule has 1 aliphatic carbocycles. The summed E-state index contributed by atoms with van der Waals surface area (Å²) < 4.78 is 0. The van der Waals surface area contributed by atoms with Crippen LogP contribution in [0.1, 0.15) is 34.1 Å². The second kappa shape index (κ2) is 6.98. The molecule has 5 nitrogen and oxygen atoms in total. The molecule has 0 fully saturated rings. The number of carboxylic acid groups (broad SMARTS) is 1. The molecule has 0 aliphatic heterocycles. The van der Waals surface area contributed by atoms with Gasteiger partial charge in [0.25, 0.3) is 0 Å². The smallest absolute Gasteiger partial charge is 0.335 e. The molecule has 0 bridgehead atoms. The molecule has 0 saturated carbocycles. The standard InChI is InChI=1S/C18H17N3O2S.ClH/c1-10-5-6-13-14(7-10)24-17-15(13)16(19-9-20-17)21-12-4-2-3-11(8-12)18(22)23;/h2-4,8-10H,5-7H2,1H3,(H,22,23)(H,19,20,21);1H. The second-order valence-electron chi connectivity index (χ2n) is 6.27. The van der Waals surface area contributed by atoms with Crippen molar-refractivity contribution in [3.8, 4) is 0 Å². The van der Waals surface area contributed by atoms with Gasteiger partial charge in [0.05, 0.1) is 10.9 Å². The number of carbonyl (C=O) groups is 1. The van der Waals surface area contributed by atoms with Crippen LogP contribution in [0.4, 0.5) is 11.5 Å². The number of aryl methyl sites for hydroxylation is 1. The predicted molar refractivity (Wildman–Crippen MR) is 103 cm³/mol. The highest BCUT2D eigenvalue weighted by atomic mass is 35.5. The number of rotatable bonds is 3. The molecule has 1 unspecified atom stereocenters. The van der Waals surface area contributed by atoms with Crippen LogP contribution in [0.25, 0.3) is 10.2 Å². The van der Waals surface area contributed by atoms with E-state index in [-0.39, 0.29) is 18.0 Å². The van der Waals surface area contributed by atoms with E-state index in [1.54, 1.807) is 35.9 Å². The molecule has 25 heavy (non-hydrogen) atoms. The Kier molecular flexibility index (Phi) is 4.92. The molecule has 0 amide bonds. The molecule has 2 N–H and O–H groups in total. The first-order valence-electron chi connectivity index (χ1n) is 7.97. The van der Waals surface area contributed by atoms with E-state index in [0.717, 1.165) is 34.6 Å². The molecule has 0 saturated heterocycles. The van der Waals surface area contributed by atoms with Crippen molar-refractivity contribution in [2.24, 2.45) is 5.92 Å². The predicted octanol–water partition coefficient (Wildman–Crippen LogP) is 4.68. The lowest BCUT2D eigenvalue weighted by Gasteiger charge is -2.18. The quantitative estimate of drug-likeness (QED) is 0.695. The van der Waals surface area contributed by atoms with Crippen molar-refractivity contribution in [3.63, 3.8) is 0 Å². The molecule has 0 spiro atoms. The van der Waals surface area contributed by atoms with Crippen LogP contribution in [0.5, 0.6) is 0 Å². The van der Waals surface area contributed by atoms with Crippen LogP contribution in [0, 0.1) is 5.92 Å². The maximum atomic E-state index is 11.1. The summed E-state index contributed by atoms with van der Waals surface area (Å²) in [6.07, 6.45) is 4.90. The van der Waals surface area contributed by atoms with Gasteiger partial charge in [-0.2, -0.15) is 0 Å². The van der Waals surface area contributed by atoms with Gasteiger partial charge < -0.3 is 10.4 Å². The van der Waals surface area contributed by atoms with Gasteiger partial charge in [-0.3, -0.25) is 0 Å². The van der Waals surface area contributed by atoms with Crippen LogP contribution in [-0.2, 0) is 12.8 Å². The zero-order chi connectivity index (χ0) is 16.7. The molecular formula is C18H18ClN3O2S. The lowest BCUT2D eigenvalue weighted by molar-refractivity contribution is 0.0697. The summed E-state index contributed by atoms with van der Waals surface area (Å²) in [5.41, 5.74) is 2.33. The van der Waals surface area contributed by atoms with E-state index in [2.05, 4.69) is 22.2 Å². The van der Waals surface area contributed by atoms with E-state index in [9.17, 15) is 4.79 Å². The highest BCUT2D eigenvalue weighted by Gasteiger charge is 2.23. The summed E-state index contributed by atoms with van der Waals surface area (Å²) in [6, 6.07) is 6.78. The summed E-state index contributed by atoms with van der Waals surface area (Å²) in [6.45, 7) is 2.29. The first kappa shape index (κ1) is 17.6. The Morgan fingerprint density at radius 2 is 2.20 bits per heavy atom. The Bertz CT molecular complexity index is 941. The number of nitrogens with zero attached hydrogens (tertiary/aromatic N) is 2. The molecule has 130 valence electrons. The highest BCUT2D eigenvalue weighted by molar-refractivity contribution is 7.19. The van der Waals surface area contributed by atoms with Crippen LogP contribution < -0.4 is 5.32 Å². The summed E-state index contributed by atoms with van der Waals surface area (Å²) in [4.78, 5) is 22.4. The van der Waals surface area contributed by atoms with Gasteiger partial charge in [-0.1, -0.05) is 13.0 Å². The summed E-state index contributed by atoms with van der Waals surface area (Å²) in [5, 5.41) is 13.5. The number of hydrogen-bond acceptors (Lipinski definition) is 5. The first-order valence-corrected chi connectivity index (χ1v) is 8.79. The minimum atomic E-state index is -0.937. The minimum Gasteiger partial charge on any atom is -0.478 e. The molecule has 3 aromatic rings. The van der Waals surface area contributed by atoms with Gasteiger partial charge in [-0.05, 0) is 48.9 Å². The average Bonchev–Trinajstić information content (AvgIpc) is 2.93. The third-order valence-corrected chi connectivity index (χ3v) is 5.63. The van der Waals surface area contributed by atoms with Crippen molar-refractivity contribution in [1.82, 2.24) is 9.97 Å². The Labute approximate surface area is 155 Å². The SMILES string of the molecule is CC1CCc2c(sc3ncnc(Nc4cccc(C(=O)O)c4)c23)C1.Cl. The maximum absolute atomic E-state index is 11.1. The molecule has 1 aromatic carbocycles. The third kappa shape index (κ3) is 3.32. The number of aromatic carboxylic acids is 1. The molecule has 0 radical (unpaired) electrons. The van der Waals surface area contributed by atoms with Crippen molar-refractivity contribution in [2.75, 3.05) is 5.32 Å². The van der Waals surface area contributed by atoms with Gasteiger partial charge in [-0.15, -0.1) is 23.7 Å². The van der Waals surface area contributed by atoms with Crippen LogP contribution in [-0.4, -0.2) is 21.0 Å². The summed E-state index contributed by atoms with van der Waals surface area (Å²) in [5.74, 6) is 0.533. The number of carboxylic acids is 1. The van der Waals surface area contributed by atoms with Crippen molar-refractivity contribution in [1.29, 1.82) is 0 Å². The summed E-state index contributed by atoms with van der Waals surface area (Å²) in [7, 11) is 0. The topological polar surface area (TPSA) is 75.1 Å². The fourth-order valence-electron chi connectivity index (χ4n) is 3.24. The number of nitrogens with one attached hydrogen (secondary N) is 1. The number of fused-ring (bicyclic) bond motifs is 3. The van der Waals surface area contributed by atoms with Crippen molar-refractivity contribution >= 4 is 51.4 Å². The number of aromatic nitrogens is 2. The zero-order valence-electron chi connectivity index (χ0n) is 13.7. The monoisotopic (exact) mass is 375 g/mol. The Morgan fingerprint density at radius 3 is 3.00 bits per heavy atom. The molecular weight excluding hydrogens is 358 g/mol. The van der Waals surface area contributed by atoms with Crippen molar-refractivity contribution in [2.45, 2.75) is 26.2 Å². The van der Waals surface area contributed by atoms with Gasteiger partial charge in [0.1, 0.15) is 17.0 Å². The average molecular weight is 376 g/mol. The first-order chi connectivity index (χ1) is 11.6. The molecule has 2 heterocycles. The van der Waals surface area contributed by atoms with Gasteiger partial charge >= 0.3 is 5.97 Å². The maximum Gasteiger partial charge on any atom is 0.335 e. The minimum absolute atomic E-state index is 0. The van der Waals surface area contributed by atoms with Gasteiger partial charge in [0.15, 0.2) is 0 Å². The lowest BCUT2D eigenvalue weighted by Crippen LogP contribution is -2.09. The summed E-state index contributed by atoms with van der Waals surface area (Å²) >= 11 is 1.75. The Hall–Kier alpha value is -2.18. The number of anilines is 2. The van der Waals surface area contributed by atoms with E-state index >= 15 is 0 Å². The Morgan fingerprint density at radius 1 is 1.36 bits per heavy atom. The van der Waals surface area contributed by atoms with E-state index in [0.29, 0.717) is 5.92 Å². The van der Waals surface area contributed by atoms with Crippen LogP contribution >= 0.6 is 23.7 Å². The second-order valence-corrected chi connectivity index (χ2v) is 7.35. The third-order valence-electron chi connectivity index (χ3n) is 4.46. The number of benzene rings is 1. The van der Waals surface area contributed by atoms with Crippen LogP contribution in [0.2, 0.25) is 0 Å². The zero-order valence-corrected chi connectivity index (χ0v) is 15.3. The van der Waals surface area contributed by atoms with E-state index in [1.165, 1.54) is 16.9 Å². The fourth-order valence-corrected chi connectivity index (χ4v) is 4.59. The molecule has 1 aliphatic rings. The highest BCUT2D eigenvalue weighted by Crippen LogP contribution is 2.40. The van der Waals surface area contributed by atoms with Gasteiger partial charge in [0.2, 0.25) is 0 Å². The normalized spacial score (nSPS) is 16.1. The van der Waals surface area contributed by atoms with Gasteiger partial charge in [-0.25, -0.2) is 14.8 Å². The van der Waals surface area contributed by atoms with E-state index < -0.39 is 5.97 Å².